The Hall–Kier alpha value is 1.46. The molecule has 0 saturated carbocycles. The van der Waals surface area contributed by atoms with Crippen molar-refractivity contribution in [3.8, 4) is 0 Å². The van der Waals surface area contributed by atoms with Crippen molar-refractivity contribution in [2.24, 2.45) is 0 Å². The Balaban J connectivity index is 8.00. The van der Waals surface area contributed by atoms with E-state index in [1.165, 1.54) is 307 Å². The molecule has 87 heavy (non-hydrogen) atoms. The van der Waals surface area contributed by atoms with Gasteiger partial charge >= 0.3 is 51.4 Å². The zero-order chi connectivity index (χ0) is 64.7. The van der Waals surface area contributed by atoms with Crippen LogP contribution in [0.3, 0.4) is 0 Å². The van der Waals surface area contributed by atoms with Gasteiger partial charge in [0.25, 0.3) is 0 Å². The third-order valence-corrected chi connectivity index (χ3v) is 51.8. The van der Waals surface area contributed by atoms with Crippen LogP contribution in [0.1, 0.15) is 364 Å². The van der Waals surface area contributed by atoms with Gasteiger partial charge in [0.2, 0.25) is 0 Å². The van der Waals surface area contributed by atoms with Gasteiger partial charge in [0, 0.05) is 0 Å². The molecule has 6 unspecified atom stereocenters. The molecule has 0 fully saturated rings. The van der Waals surface area contributed by atoms with Crippen LogP contribution in [0, 0.1) is 0 Å². The molecule has 0 amide bonds. The Bertz CT molecular complexity index is 1380. The molecule has 0 aliphatic carbocycles. The standard InChI is InChI=1S/C72H160O7Si8/c1-17-25-33-41-49-57-65-80(9)73-82(11,67-59-51-43-35-27-19-3)75-84(13,69-61-53-45-37-29-21-5)77-86(15,71-63-55-47-39-31-23-7)79-87(16,72-64-56-48-40-32-24-8)78-85(14,70-62-54-46-38-30-22-6)76-83(12,68-60-52-44-36-28-20-4)74-81(10)66-58-50-42-34-26-18-2/h17-72H2,1-16H3. The minimum Gasteiger partial charge on any atom is -0.436 e. The Morgan fingerprint density at radius 1 is 0.184 bits per heavy atom. The first-order valence-electron chi connectivity index (χ1n) is 39.3. The summed E-state index contributed by atoms with van der Waals surface area (Å²) >= 11 is 0. The van der Waals surface area contributed by atoms with Gasteiger partial charge in [-0.05, 0) is 101 Å². The van der Waals surface area contributed by atoms with Gasteiger partial charge in [-0.2, -0.15) is 0 Å². The minimum absolute atomic E-state index is 1.01. The predicted molar refractivity (Wildman–Crippen MR) is 406 cm³/mol. The quantitative estimate of drug-likeness (QED) is 0.0444. The predicted octanol–water partition coefficient (Wildman–Crippen LogP) is 27.7. The highest BCUT2D eigenvalue weighted by atomic mass is 28.5. The lowest BCUT2D eigenvalue weighted by atomic mass is 10.1. The molecule has 0 rings (SSSR count). The van der Waals surface area contributed by atoms with Gasteiger partial charge in [0.15, 0.2) is 18.1 Å². The Morgan fingerprint density at radius 3 is 0.506 bits per heavy atom. The van der Waals surface area contributed by atoms with Crippen LogP contribution in [-0.2, 0) is 28.8 Å². The van der Waals surface area contributed by atoms with Crippen LogP contribution in [0.25, 0.3) is 0 Å². The third-order valence-electron chi connectivity index (χ3n) is 18.6. The second kappa shape index (κ2) is 57.7. The van der Waals surface area contributed by atoms with Gasteiger partial charge in [-0.1, -0.05) is 364 Å². The van der Waals surface area contributed by atoms with E-state index in [1.807, 2.05) is 0 Å². The van der Waals surface area contributed by atoms with Crippen LogP contribution < -0.4 is 0 Å². The lowest BCUT2D eigenvalue weighted by Crippen LogP contribution is -2.64. The minimum atomic E-state index is -2.98. The Labute approximate surface area is 558 Å². The van der Waals surface area contributed by atoms with Crippen molar-refractivity contribution in [2.45, 2.75) is 464 Å². The summed E-state index contributed by atoms with van der Waals surface area (Å²) in [6, 6.07) is 8.65. The fourth-order valence-electron chi connectivity index (χ4n) is 13.5. The molecule has 7 nitrogen and oxygen atoms in total. The van der Waals surface area contributed by atoms with Crippen molar-refractivity contribution >= 4 is 69.4 Å². The molecule has 0 aromatic heterocycles. The molecule has 0 N–H and O–H groups in total. The van der Waals surface area contributed by atoms with Crippen LogP contribution in [-0.4, -0.2) is 69.4 Å². The van der Waals surface area contributed by atoms with Crippen molar-refractivity contribution in [1.82, 2.24) is 0 Å². The van der Waals surface area contributed by atoms with Crippen LogP contribution in [0.15, 0.2) is 0 Å². The molecule has 15 heteroatoms. The maximum absolute atomic E-state index is 8.35. The molecule has 0 bridgehead atoms. The van der Waals surface area contributed by atoms with Crippen molar-refractivity contribution < 1.29 is 28.8 Å². The highest BCUT2D eigenvalue weighted by molar-refractivity contribution is 6.92. The molecule has 0 aliphatic heterocycles. The van der Waals surface area contributed by atoms with E-state index >= 15 is 0 Å². The molecule has 6 atom stereocenters. The maximum atomic E-state index is 8.35. The van der Waals surface area contributed by atoms with E-state index in [0.29, 0.717) is 0 Å². The normalized spacial score (nSPS) is 16.5. The zero-order valence-corrected chi connectivity index (χ0v) is 70.5. The average Bonchev–Trinajstić information content (AvgIpc) is 3.50. The second-order valence-corrected chi connectivity index (χ2v) is 55.2. The summed E-state index contributed by atoms with van der Waals surface area (Å²) in [6.45, 7) is 38.6. The van der Waals surface area contributed by atoms with Gasteiger partial charge in [-0.3, -0.25) is 0 Å². The van der Waals surface area contributed by atoms with Gasteiger partial charge in [0.05, 0.1) is 0 Å². The highest BCUT2D eigenvalue weighted by Crippen LogP contribution is 2.39. The van der Waals surface area contributed by atoms with Crippen molar-refractivity contribution in [2.75, 3.05) is 0 Å². The first-order chi connectivity index (χ1) is 41.8. The van der Waals surface area contributed by atoms with E-state index in [-0.39, 0.29) is 0 Å². The SMILES string of the molecule is CCCCCCCC[Si](C)O[Si](C)(CCCCCCCC)O[Si](C)(CCCCCCCC)O[Si](C)(CCCCCCCC)O[Si](C)(CCCCCCCC)O[Si](C)(CCCCCCCC)O[Si](C)(CCCCCCCC)O[Si](C)CCCCCCCC. The number of unbranched alkanes of at least 4 members (excludes halogenated alkanes) is 40. The summed E-state index contributed by atoms with van der Waals surface area (Å²) in [7, 11) is -19.2. The summed E-state index contributed by atoms with van der Waals surface area (Å²) in [5.41, 5.74) is 0. The van der Waals surface area contributed by atoms with Crippen molar-refractivity contribution in [3.63, 3.8) is 0 Å². The van der Waals surface area contributed by atoms with E-state index in [0.717, 1.165) is 49.1 Å². The average molecular weight is 1360 g/mol. The smallest absolute Gasteiger partial charge is 0.317 e. The van der Waals surface area contributed by atoms with Gasteiger partial charge < -0.3 is 28.8 Å². The fourth-order valence-corrected chi connectivity index (χ4v) is 53.5. The summed E-state index contributed by atoms with van der Waals surface area (Å²) in [6.07, 6.45) is 62.0. The summed E-state index contributed by atoms with van der Waals surface area (Å²) < 4.78 is 56.3. The van der Waals surface area contributed by atoms with Crippen LogP contribution in [0.4, 0.5) is 0 Å². The lowest BCUT2D eigenvalue weighted by Gasteiger charge is -2.47. The van der Waals surface area contributed by atoms with E-state index in [2.05, 4.69) is 108 Å². The molecule has 2 radical (unpaired) electrons. The van der Waals surface area contributed by atoms with Crippen molar-refractivity contribution in [3.05, 3.63) is 0 Å². The second-order valence-electron chi connectivity index (χ2n) is 29.1. The molecule has 0 heterocycles. The van der Waals surface area contributed by atoms with Gasteiger partial charge in [-0.25, -0.2) is 0 Å². The summed E-state index contributed by atoms with van der Waals surface area (Å²) in [5.74, 6) is 0. The molecule has 0 saturated heterocycles. The van der Waals surface area contributed by atoms with Crippen LogP contribution in [0.2, 0.25) is 101 Å². The van der Waals surface area contributed by atoms with E-state index in [9.17, 15) is 0 Å². The van der Waals surface area contributed by atoms with Crippen LogP contribution in [0.5, 0.6) is 0 Å². The monoisotopic (exact) mass is 1360 g/mol. The van der Waals surface area contributed by atoms with E-state index in [4.69, 9.17) is 28.8 Å². The van der Waals surface area contributed by atoms with Gasteiger partial charge in [-0.15, -0.1) is 0 Å². The van der Waals surface area contributed by atoms with Gasteiger partial charge in [0.1, 0.15) is 0 Å². The topological polar surface area (TPSA) is 64.6 Å². The first kappa shape index (κ1) is 88.5. The summed E-state index contributed by atoms with van der Waals surface area (Å²) in [4.78, 5) is 0. The summed E-state index contributed by atoms with van der Waals surface area (Å²) in [5, 5.41) is 0. The molecule has 522 valence electrons. The largest absolute Gasteiger partial charge is 0.436 e. The van der Waals surface area contributed by atoms with Crippen molar-refractivity contribution in [1.29, 1.82) is 0 Å². The maximum Gasteiger partial charge on any atom is 0.317 e. The third kappa shape index (κ3) is 51.4. The van der Waals surface area contributed by atoms with E-state index < -0.39 is 69.4 Å². The zero-order valence-electron chi connectivity index (χ0n) is 62.5. The molecule has 0 aromatic carbocycles. The molecule has 0 spiro atoms. The molecule has 0 aliphatic rings. The molecular formula is C72H160O7Si8. The Morgan fingerprint density at radius 2 is 0.322 bits per heavy atom. The Kier molecular flexibility index (Phi) is 58.6. The lowest BCUT2D eigenvalue weighted by molar-refractivity contribution is 0.246. The molecule has 0 aromatic rings. The van der Waals surface area contributed by atoms with Crippen LogP contribution >= 0.6 is 0 Å². The first-order valence-corrected chi connectivity index (χ1v) is 58.7. The number of rotatable bonds is 70. The number of hydrogen-bond acceptors (Lipinski definition) is 7. The number of hydrogen-bond donors (Lipinski definition) is 0. The highest BCUT2D eigenvalue weighted by Gasteiger charge is 2.54. The fraction of sp³-hybridized carbons (Fsp3) is 1.00. The molecular weight excluding hydrogens is 1200 g/mol. The van der Waals surface area contributed by atoms with E-state index in [1.54, 1.807) is 0 Å².